The third-order valence-electron chi connectivity index (χ3n) is 6.50. The Kier molecular flexibility index (Phi) is 8.56. The van der Waals surface area contributed by atoms with Crippen LogP contribution in [0.1, 0.15) is 12.0 Å². The lowest BCUT2D eigenvalue weighted by Crippen LogP contribution is -2.48. The zero-order valence-corrected chi connectivity index (χ0v) is 22.3. The van der Waals surface area contributed by atoms with Crippen LogP contribution in [0.25, 0.3) is 22.0 Å². The number of hydrogen-bond donors (Lipinski definition) is 0. The molecule has 0 unspecified atom stereocenters. The fraction of sp³-hybridized carbons (Fsp3) is 0.250. The van der Waals surface area contributed by atoms with Crippen molar-refractivity contribution in [3.05, 3.63) is 99.8 Å². The van der Waals surface area contributed by atoms with Gasteiger partial charge in [0.25, 0.3) is 5.56 Å². The Hall–Kier alpha value is -3.00. The van der Waals surface area contributed by atoms with E-state index in [1.165, 1.54) is 10.2 Å². The molecule has 36 heavy (non-hydrogen) atoms. The molecular formula is C28H28BrClN4O2. The Bertz CT molecular complexity index is 1380. The van der Waals surface area contributed by atoms with E-state index in [4.69, 9.17) is 11.6 Å². The number of aryl methyl sites for hydroxylation is 1. The van der Waals surface area contributed by atoms with Crippen LogP contribution in [0.5, 0.6) is 0 Å². The molecule has 0 radical (unpaired) electrons. The molecule has 0 N–H and O–H groups in total. The van der Waals surface area contributed by atoms with Gasteiger partial charge in [-0.15, -0.1) is 17.0 Å². The van der Waals surface area contributed by atoms with Gasteiger partial charge in [0.15, 0.2) is 0 Å². The van der Waals surface area contributed by atoms with Gasteiger partial charge in [-0.3, -0.25) is 14.5 Å². The smallest absolute Gasteiger partial charge is 0.274 e. The van der Waals surface area contributed by atoms with Gasteiger partial charge in [-0.25, -0.2) is 4.68 Å². The van der Waals surface area contributed by atoms with Crippen LogP contribution in [0.3, 0.4) is 0 Å². The summed E-state index contributed by atoms with van der Waals surface area (Å²) in [7, 11) is 0. The second-order valence-electron chi connectivity index (χ2n) is 8.82. The van der Waals surface area contributed by atoms with E-state index < -0.39 is 0 Å². The minimum Gasteiger partial charge on any atom is -0.340 e. The second-order valence-corrected chi connectivity index (χ2v) is 9.26. The SMILES string of the molecule is Br.O=C(CCn1nc(-c2ccc(Cl)cc2)c2ccccc2c1=O)N1CCN(Cc2ccccc2)CC1. The molecule has 0 spiro atoms. The Morgan fingerprint density at radius 3 is 2.17 bits per heavy atom. The van der Waals surface area contributed by atoms with E-state index in [1.54, 1.807) is 0 Å². The second kappa shape index (κ2) is 11.8. The number of benzene rings is 3. The minimum atomic E-state index is -0.182. The summed E-state index contributed by atoms with van der Waals surface area (Å²) in [5, 5.41) is 6.68. The molecule has 0 aliphatic carbocycles. The van der Waals surface area contributed by atoms with Crippen molar-refractivity contribution in [2.75, 3.05) is 26.2 Å². The highest BCUT2D eigenvalue weighted by molar-refractivity contribution is 8.93. The largest absolute Gasteiger partial charge is 0.340 e. The molecule has 6 nitrogen and oxygen atoms in total. The van der Waals surface area contributed by atoms with Crippen LogP contribution >= 0.6 is 28.6 Å². The summed E-state index contributed by atoms with van der Waals surface area (Å²) < 4.78 is 1.43. The number of aromatic nitrogens is 2. The summed E-state index contributed by atoms with van der Waals surface area (Å²) in [6.07, 6.45) is 0.240. The molecule has 4 aromatic rings. The van der Waals surface area contributed by atoms with E-state index in [-0.39, 0.29) is 41.4 Å². The molecule has 3 aromatic carbocycles. The van der Waals surface area contributed by atoms with Crippen molar-refractivity contribution in [2.24, 2.45) is 0 Å². The van der Waals surface area contributed by atoms with Crippen molar-refractivity contribution < 1.29 is 4.79 Å². The van der Waals surface area contributed by atoms with Gasteiger partial charge in [0.2, 0.25) is 5.91 Å². The van der Waals surface area contributed by atoms with Gasteiger partial charge in [-0.05, 0) is 23.8 Å². The minimum absolute atomic E-state index is 0. The zero-order valence-electron chi connectivity index (χ0n) is 19.8. The first-order chi connectivity index (χ1) is 17.1. The van der Waals surface area contributed by atoms with Gasteiger partial charge < -0.3 is 4.90 Å². The summed E-state index contributed by atoms with van der Waals surface area (Å²) >= 11 is 6.06. The van der Waals surface area contributed by atoms with Crippen LogP contribution in [0.2, 0.25) is 5.02 Å². The summed E-state index contributed by atoms with van der Waals surface area (Å²) in [6.45, 7) is 4.22. The number of carbonyl (C=O) groups is 1. The Morgan fingerprint density at radius 1 is 0.833 bits per heavy atom. The topological polar surface area (TPSA) is 58.4 Å². The summed E-state index contributed by atoms with van der Waals surface area (Å²) in [5.74, 6) is 0.0549. The van der Waals surface area contributed by atoms with E-state index in [2.05, 4.69) is 34.3 Å². The fourth-order valence-corrected chi connectivity index (χ4v) is 4.69. The van der Waals surface area contributed by atoms with Crippen molar-refractivity contribution in [2.45, 2.75) is 19.5 Å². The molecule has 8 heteroatoms. The first kappa shape index (κ1) is 26.1. The number of fused-ring (bicyclic) bond motifs is 1. The zero-order chi connectivity index (χ0) is 24.2. The van der Waals surface area contributed by atoms with Crippen molar-refractivity contribution in [1.82, 2.24) is 19.6 Å². The molecule has 1 aliphatic rings. The molecule has 0 atom stereocenters. The molecule has 0 bridgehead atoms. The Balaban J connectivity index is 0.00000304. The van der Waals surface area contributed by atoms with E-state index in [0.717, 1.165) is 30.6 Å². The average molecular weight is 568 g/mol. The Morgan fingerprint density at radius 2 is 1.47 bits per heavy atom. The third kappa shape index (κ3) is 5.86. The van der Waals surface area contributed by atoms with Crippen molar-refractivity contribution in [1.29, 1.82) is 0 Å². The monoisotopic (exact) mass is 566 g/mol. The quantitative estimate of drug-likeness (QED) is 0.328. The Labute approximate surface area is 225 Å². The van der Waals surface area contributed by atoms with Crippen LogP contribution in [0, 0.1) is 0 Å². The molecule has 1 aliphatic heterocycles. The van der Waals surface area contributed by atoms with Crippen LogP contribution in [-0.4, -0.2) is 51.7 Å². The van der Waals surface area contributed by atoms with Crippen LogP contribution < -0.4 is 5.56 Å². The molecule has 1 amide bonds. The average Bonchev–Trinajstić information content (AvgIpc) is 2.90. The standard InChI is InChI=1S/C28H27ClN4O2.BrH/c29-23-12-10-22(11-13-23)27-24-8-4-5-9-25(24)28(35)33(30-27)15-14-26(34)32-18-16-31(17-19-32)20-21-6-2-1-3-7-21;/h1-13H,14-20H2;1H. The molecule has 5 rings (SSSR count). The van der Waals surface area contributed by atoms with E-state index in [0.29, 0.717) is 29.2 Å². The van der Waals surface area contributed by atoms with Gasteiger partial charge in [0.05, 0.1) is 17.6 Å². The molecule has 186 valence electrons. The van der Waals surface area contributed by atoms with Gasteiger partial charge >= 0.3 is 0 Å². The van der Waals surface area contributed by atoms with Crippen molar-refractivity contribution in [3.63, 3.8) is 0 Å². The summed E-state index contributed by atoms with van der Waals surface area (Å²) in [5.41, 5.74) is 2.68. The van der Waals surface area contributed by atoms with E-state index in [1.807, 2.05) is 59.5 Å². The first-order valence-corrected chi connectivity index (χ1v) is 12.3. The van der Waals surface area contributed by atoms with Gasteiger partial charge in [0, 0.05) is 55.1 Å². The van der Waals surface area contributed by atoms with E-state index >= 15 is 0 Å². The maximum Gasteiger partial charge on any atom is 0.274 e. The highest BCUT2D eigenvalue weighted by Gasteiger charge is 2.21. The predicted molar refractivity (Wildman–Crippen MR) is 150 cm³/mol. The number of hydrogen-bond acceptors (Lipinski definition) is 4. The van der Waals surface area contributed by atoms with Gasteiger partial charge in [-0.1, -0.05) is 72.3 Å². The first-order valence-electron chi connectivity index (χ1n) is 11.9. The number of carbonyl (C=O) groups excluding carboxylic acids is 1. The van der Waals surface area contributed by atoms with Crippen molar-refractivity contribution >= 4 is 45.3 Å². The van der Waals surface area contributed by atoms with Crippen LogP contribution in [0.15, 0.2) is 83.7 Å². The number of piperazine rings is 1. The number of rotatable bonds is 6. The molecular weight excluding hydrogens is 540 g/mol. The molecule has 0 saturated carbocycles. The number of amides is 1. The van der Waals surface area contributed by atoms with Gasteiger partial charge in [-0.2, -0.15) is 5.10 Å². The highest BCUT2D eigenvalue weighted by Crippen LogP contribution is 2.26. The predicted octanol–water partition coefficient (Wildman–Crippen LogP) is 5.03. The molecule has 1 fully saturated rings. The summed E-state index contributed by atoms with van der Waals surface area (Å²) in [4.78, 5) is 30.3. The highest BCUT2D eigenvalue weighted by atomic mass is 79.9. The lowest BCUT2D eigenvalue weighted by atomic mass is 10.1. The van der Waals surface area contributed by atoms with E-state index in [9.17, 15) is 9.59 Å². The number of halogens is 2. The van der Waals surface area contributed by atoms with Crippen molar-refractivity contribution in [3.8, 4) is 11.3 Å². The normalized spacial score (nSPS) is 14.0. The fourth-order valence-electron chi connectivity index (χ4n) is 4.56. The maximum atomic E-state index is 13.1. The lowest BCUT2D eigenvalue weighted by molar-refractivity contribution is -0.133. The van der Waals surface area contributed by atoms with Crippen LogP contribution in [-0.2, 0) is 17.9 Å². The van der Waals surface area contributed by atoms with Crippen LogP contribution in [0.4, 0.5) is 0 Å². The molecule has 1 aromatic heterocycles. The van der Waals surface area contributed by atoms with Gasteiger partial charge in [0.1, 0.15) is 0 Å². The number of nitrogens with zero attached hydrogens (tertiary/aromatic N) is 4. The molecule has 1 saturated heterocycles. The molecule has 2 heterocycles. The maximum absolute atomic E-state index is 13.1. The third-order valence-corrected chi connectivity index (χ3v) is 6.75. The summed E-state index contributed by atoms with van der Waals surface area (Å²) in [6, 6.07) is 25.2. The lowest BCUT2D eigenvalue weighted by Gasteiger charge is -2.34.